The van der Waals surface area contributed by atoms with Crippen LogP contribution in [-0.2, 0) is 16.1 Å². The minimum atomic E-state index is -0.621. The summed E-state index contributed by atoms with van der Waals surface area (Å²) in [5, 5.41) is 4.77. The highest BCUT2D eigenvalue weighted by molar-refractivity contribution is 6.02. The first-order chi connectivity index (χ1) is 10.5. The Kier molecular flexibility index (Phi) is 4.55. The van der Waals surface area contributed by atoms with Crippen molar-refractivity contribution in [1.29, 1.82) is 0 Å². The standard InChI is InChI=1S/C15H17N3O4/c1-4-22-15(21)13-10-7-5-6-8-11(10)14(20)18(16-13)9-12(19)17(2)3/h5-8H,4,9H2,1-3H3. The van der Waals surface area contributed by atoms with Crippen LogP contribution in [0.25, 0.3) is 10.8 Å². The molecule has 0 aliphatic carbocycles. The summed E-state index contributed by atoms with van der Waals surface area (Å²) in [4.78, 5) is 37.6. The number of likely N-dealkylation sites (N-methyl/N-ethyl adjacent to an activating group) is 1. The van der Waals surface area contributed by atoms with Gasteiger partial charge in [0.1, 0.15) is 6.54 Å². The summed E-state index contributed by atoms with van der Waals surface area (Å²) in [6.45, 7) is 1.65. The van der Waals surface area contributed by atoms with Gasteiger partial charge in [0.25, 0.3) is 5.56 Å². The Morgan fingerprint density at radius 2 is 1.86 bits per heavy atom. The van der Waals surface area contributed by atoms with Crippen LogP contribution >= 0.6 is 0 Å². The molecule has 0 bridgehead atoms. The van der Waals surface area contributed by atoms with Gasteiger partial charge in [-0.1, -0.05) is 18.2 Å². The molecule has 0 N–H and O–H groups in total. The molecule has 7 nitrogen and oxygen atoms in total. The second kappa shape index (κ2) is 6.38. The Labute approximate surface area is 127 Å². The summed E-state index contributed by atoms with van der Waals surface area (Å²) in [5.74, 6) is -0.913. The highest BCUT2D eigenvalue weighted by Crippen LogP contribution is 2.14. The third kappa shape index (κ3) is 2.98. The average molecular weight is 303 g/mol. The lowest BCUT2D eigenvalue weighted by Crippen LogP contribution is -2.34. The number of hydrogen-bond donors (Lipinski definition) is 0. The fourth-order valence-corrected chi connectivity index (χ4v) is 1.96. The Balaban J connectivity index is 2.63. The molecule has 0 saturated heterocycles. The number of carbonyl (C=O) groups excluding carboxylic acids is 2. The molecule has 0 aliphatic rings. The quantitative estimate of drug-likeness (QED) is 0.775. The number of nitrogens with zero attached hydrogens (tertiary/aromatic N) is 3. The molecular formula is C15H17N3O4. The molecule has 0 saturated carbocycles. The number of rotatable bonds is 4. The molecule has 0 unspecified atom stereocenters. The molecule has 1 aromatic carbocycles. The number of ether oxygens (including phenoxy) is 1. The second-order valence-corrected chi connectivity index (χ2v) is 4.87. The van der Waals surface area contributed by atoms with Crippen molar-refractivity contribution in [3.05, 3.63) is 40.3 Å². The normalized spacial score (nSPS) is 10.5. The molecule has 0 fully saturated rings. The van der Waals surface area contributed by atoms with Gasteiger partial charge < -0.3 is 9.64 Å². The largest absolute Gasteiger partial charge is 0.461 e. The van der Waals surface area contributed by atoms with Gasteiger partial charge in [-0.25, -0.2) is 9.48 Å². The summed E-state index contributed by atoms with van der Waals surface area (Å²) < 4.78 is 5.97. The van der Waals surface area contributed by atoms with Gasteiger partial charge in [-0.15, -0.1) is 0 Å². The lowest BCUT2D eigenvalue weighted by molar-refractivity contribution is -0.129. The van der Waals surface area contributed by atoms with Crippen molar-refractivity contribution in [3.8, 4) is 0 Å². The highest BCUT2D eigenvalue weighted by atomic mass is 16.5. The van der Waals surface area contributed by atoms with Gasteiger partial charge in [-0.3, -0.25) is 9.59 Å². The lowest BCUT2D eigenvalue weighted by atomic mass is 10.1. The van der Waals surface area contributed by atoms with Crippen LogP contribution in [0.5, 0.6) is 0 Å². The van der Waals surface area contributed by atoms with Crippen molar-refractivity contribution < 1.29 is 14.3 Å². The monoisotopic (exact) mass is 303 g/mol. The Hall–Kier alpha value is -2.70. The van der Waals surface area contributed by atoms with Crippen LogP contribution in [0.15, 0.2) is 29.1 Å². The van der Waals surface area contributed by atoms with Gasteiger partial charge in [-0.2, -0.15) is 5.10 Å². The minimum Gasteiger partial charge on any atom is -0.461 e. The molecule has 2 rings (SSSR count). The molecule has 0 aliphatic heterocycles. The van der Waals surface area contributed by atoms with E-state index < -0.39 is 11.5 Å². The predicted octanol–water partition coefficient (Wildman–Crippen LogP) is 0.661. The Morgan fingerprint density at radius 1 is 1.23 bits per heavy atom. The van der Waals surface area contributed by atoms with Gasteiger partial charge in [0.05, 0.1) is 12.0 Å². The molecule has 0 atom stereocenters. The summed E-state index contributed by atoms with van der Waals surface area (Å²) >= 11 is 0. The predicted molar refractivity (Wildman–Crippen MR) is 80.7 cm³/mol. The van der Waals surface area contributed by atoms with Gasteiger partial charge in [0.15, 0.2) is 5.69 Å². The summed E-state index contributed by atoms with van der Waals surface area (Å²) in [7, 11) is 3.17. The first-order valence-corrected chi connectivity index (χ1v) is 6.82. The van der Waals surface area contributed by atoms with Crippen LogP contribution in [0, 0.1) is 0 Å². The molecule has 1 aromatic heterocycles. The van der Waals surface area contributed by atoms with Crippen LogP contribution < -0.4 is 5.56 Å². The number of benzene rings is 1. The fourth-order valence-electron chi connectivity index (χ4n) is 1.96. The average Bonchev–Trinajstić information content (AvgIpc) is 2.50. The minimum absolute atomic E-state index is 0.0311. The molecular weight excluding hydrogens is 286 g/mol. The van der Waals surface area contributed by atoms with E-state index in [1.54, 1.807) is 45.3 Å². The van der Waals surface area contributed by atoms with Crippen molar-refractivity contribution in [1.82, 2.24) is 14.7 Å². The third-order valence-electron chi connectivity index (χ3n) is 3.12. The molecule has 7 heteroatoms. The number of carbonyl (C=O) groups is 2. The van der Waals surface area contributed by atoms with Crippen molar-refractivity contribution >= 4 is 22.6 Å². The molecule has 1 heterocycles. The Bertz CT molecular complexity index is 780. The second-order valence-electron chi connectivity index (χ2n) is 4.87. The SMILES string of the molecule is CCOC(=O)c1nn(CC(=O)N(C)C)c(=O)c2ccccc12. The maximum atomic E-state index is 12.4. The van der Waals surface area contributed by atoms with Crippen molar-refractivity contribution in [2.45, 2.75) is 13.5 Å². The van der Waals surface area contributed by atoms with E-state index in [1.807, 2.05) is 0 Å². The molecule has 1 amide bonds. The van der Waals surface area contributed by atoms with Crippen LogP contribution in [0.3, 0.4) is 0 Å². The first-order valence-electron chi connectivity index (χ1n) is 6.82. The third-order valence-corrected chi connectivity index (χ3v) is 3.12. The van der Waals surface area contributed by atoms with E-state index in [0.29, 0.717) is 10.8 Å². The first kappa shape index (κ1) is 15.7. The van der Waals surface area contributed by atoms with Gasteiger partial charge >= 0.3 is 5.97 Å². The Morgan fingerprint density at radius 3 is 2.45 bits per heavy atom. The fraction of sp³-hybridized carbons (Fsp3) is 0.333. The maximum absolute atomic E-state index is 12.4. The van der Waals surface area contributed by atoms with Crippen molar-refractivity contribution in [2.75, 3.05) is 20.7 Å². The van der Waals surface area contributed by atoms with E-state index in [4.69, 9.17) is 4.74 Å². The molecule has 22 heavy (non-hydrogen) atoms. The van der Waals surface area contributed by atoms with Crippen molar-refractivity contribution in [3.63, 3.8) is 0 Å². The van der Waals surface area contributed by atoms with Crippen LogP contribution in [-0.4, -0.2) is 47.3 Å². The maximum Gasteiger partial charge on any atom is 0.359 e. The van der Waals surface area contributed by atoms with E-state index in [1.165, 1.54) is 4.90 Å². The molecule has 0 radical (unpaired) electrons. The summed E-state index contributed by atoms with van der Waals surface area (Å²) in [6, 6.07) is 6.63. The van der Waals surface area contributed by atoms with Crippen LogP contribution in [0.1, 0.15) is 17.4 Å². The number of aromatic nitrogens is 2. The van der Waals surface area contributed by atoms with E-state index >= 15 is 0 Å². The highest BCUT2D eigenvalue weighted by Gasteiger charge is 2.18. The zero-order valence-corrected chi connectivity index (χ0v) is 12.7. The van der Waals surface area contributed by atoms with E-state index in [-0.39, 0.29) is 24.8 Å². The topological polar surface area (TPSA) is 81.5 Å². The van der Waals surface area contributed by atoms with Gasteiger partial charge in [-0.05, 0) is 13.0 Å². The zero-order chi connectivity index (χ0) is 16.3. The molecule has 2 aromatic rings. The zero-order valence-electron chi connectivity index (χ0n) is 12.7. The summed E-state index contributed by atoms with van der Waals surface area (Å²) in [6.07, 6.45) is 0. The number of amides is 1. The van der Waals surface area contributed by atoms with Crippen molar-refractivity contribution in [2.24, 2.45) is 0 Å². The van der Waals surface area contributed by atoms with E-state index in [0.717, 1.165) is 4.68 Å². The van der Waals surface area contributed by atoms with Crippen LogP contribution in [0.2, 0.25) is 0 Å². The lowest BCUT2D eigenvalue weighted by Gasteiger charge is -2.13. The van der Waals surface area contributed by atoms with Crippen LogP contribution in [0.4, 0.5) is 0 Å². The van der Waals surface area contributed by atoms with Gasteiger partial charge in [0.2, 0.25) is 5.91 Å². The number of fused-ring (bicyclic) bond motifs is 1. The smallest absolute Gasteiger partial charge is 0.359 e. The summed E-state index contributed by atoms with van der Waals surface area (Å²) in [5.41, 5.74) is -0.387. The van der Waals surface area contributed by atoms with Gasteiger partial charge in [0, 0.05) is 19.5 Å². The molecule has 116 valence electrons. The number of hydrogen-bond acceptors (Lipinski definition) is 5. The number of esters is 1. The molecule has 0 spiro atoms. The van der Waals surface area contributed by atoms with E-state index in [9.17, 15) is 14.4 Å². The van der Waals surface area contributed by atoms with E-state index in [2.05, 4.69) is 5.10 Å².